The molecule has 0 spiro atoms. The molecule has 0 radical (unpaired) electrons. The normalized spacial score (nSPS) is 22.8. The average Bonchev–Trinajstić information content (AvgIpc) is 2.87. The second kappa shape index (κ2) is 6.73. The minimum atomic E-state index is -0.316. The molecule has 1 rings (SSSR count). The molecule has 18 heavy (non-hydrogen) atoms. The minimum absolute atomic E-state index is 0.00874. The molecule has 1 aliphatic rings. The number of carbonyl (C=O) groups is 2. The predicted molar refractivity (Wildman–Crippen MR) is 71.1 cm³/mol. The van der Waals surface area contributed by atoms with Gasteiger partial charge < -0.3 is 15.5 Å². The number of carbonyl (C=O) groups excluding carboxylic acids is 2. The Morgan fingerprint density at radius 1 is 1.28 bits per heavy atom. The molecule has 2 N–H and O–H groups in total. The van der Waals surface area contributed by atoms with Crippen LogP contribution in [0.4, 0.5) is 0 Å². The van der Waals surface area contributed by atoms with Crippen molar-refractivity contribution in [2.75, 3.05) is 32.7 Å². The molecule has 1 aliphatic heterocycles. The van der Waals surface area contributed by atoms with Gasteiger partial charge in [-0.1, -0.05) is 6.92 Å². The van der Waals surface area contributed by atoms with E-state index in [9.17, 15) is 9.59 Å². The summed E-state index contributed by atoms with van der Waals surface area (Å²) in [5, 5.41) is 6.02. The monoisotopic (exact) mass is 255 g/mol. The van der Waals surface area contributed by atoms with E-state index in [1.165, 1.54) is 0 Å². The Bertz CT molecular complexity index is 295. The van der Waals surface area contributed by atoms with Crippen LogP contribution in [0.25, 0.3) is 0 Å². The van der Waals surface area contributed by atoms with Crippen LogP contribution in [0.1, 0.15) is 33.6 Å². The van der Waals surface area contributed by atoms with Crippen molar-refractivity contribution in [1.82, 2.24) is 15.5 Å². The maximum Gasteiger partial charge on any atom is 0.241 e. The summed E-state index contributed by atoms with van der Waals surface area (Å²) < 4.78 is 0. The van der Waals surface area contributed by atoms with E-state index in [4.69, 9.17) is 0 Å². The number of rotatable bonds is 6. The lowest BCUT2D eigenvalue weighted by Crippen LogP contribution is -2.46. The van der Waals surface area contributed by atoms with Crippen LogP contribution in [-0.4, -0.2) is 49.4 Å². The highest BCUT2D eigenvalue weighted by Crippen LogP contribution is 2.29. The standard InChI is InChI=1S/C13H25N3O2/c1-4-13(7-8-14-10-13)12(18)15-9-11(17)16(5-2)6-3/h14H,4-10H2,1-3H3,(H,15,18). The fraction of sp³-hybridized carbons (Fsp3) is 0.846. The van der Waals surface area contributed by atoms with Gasteiger partial charge in [-0.05, 0) is 33.2 Å². The van der Waals surface area contributed by atoms with Gasteiger partial charge in [-0.2, -0.15) is 0 Å². The van der Waals surface area contributed by atoms with E-state index in [0.717, 1.165) is 25.9 Å². The highest BCUT2D eigenvalue weighted by atomic mass is 16.2. The van der Waals surface area contributed by atoms with Gasteiger partial charge in [0.2, 0.25) is 11.8 Å². The van der Waals surface area contributed by atoms with Crippen molar-refractivity contribution in [1.29, 1.82) is 0 Å². The van der Waals surface area contributed by atoms with Crippen molar-refractivity contribution in [2.45, 2.75) is 33.6 Å². The summed E-state index contributed by atoms with van der Waals surface area (Å²) in [5.41, 5.74) is -0.316. The largest absolute Gasteiger partial charge is 0.347 e. The molecule has 1 unspecified atom stereocenters. The first-order chi connectivity index (χ1) is 8.59. The van der Waals surface area contributed by atoms with E-state index in [1.54, 1.807) is 4.90 Å². The maximum atomic E-state index is 12.2. The number of nitrogens with zero attached hydrogens (tertiary/aromatic N) is 1. The van der Waals surface area contributed by atoms with Crippen LogP contribution in [0.2, 0.25) is 0 Å². The fourth-order valence-corrected chi connectivity index (χ4v) is 2.43. The Labute approximate surface area is 109 Å². The summed E-state index contributed by atoms with van der Waals surface area (Å²) in [4.78, 5) is 25.7. The van der Waals surface area contributed by atoms with Gasteiger partial charge in [0.15, 0.2) is 0 Å². The molecule has 1 atom stereocenters. The van der Waals surface area contributed by atoms with Crippen LogP contribution in [0.3, 0.4) is 0 Å². The molecule has 0 aromatic heterocycles. The van der Waals surface area contributed by atoms with Crippen molar-refractivity contribution >= 4 is 11.8 Å². The summed E-state index contributed by atoms with van der Waals surface area (Å²) in [6.45, 7) is 8.99. The van der Waals surface area contributed by atoms with Crippen LogP contribution in [0, 0.1) is 5.41 Å². The summed E-state index contributed by atoms with van der Waals surface area (Å²) in [7, 11) is 0. The predicted octanol–water partition coefficient (Wildman–Crippen LogP) is 0.361. The molecule has 1 heterocycles. The van der Waals surface area contributed by atoms with Gasteiger partial charge in [-0.15, -0.1) is 0 Å². The lowest BCUT2D eigenvalue weighted by molar-refractivity contribution is -0.136. The highest BCUT2D eigenvalue weighted by Gasteiger charge is 2.39. The number of hydrogen-bond acceptors (Lipinski definition) is 3. The van der Waals surface area contributed by atoms with Gasteiger partial charge >= 0.3 is 0 Å². The number of amides is 2. The van der Waals surface area contributed by atoms with Crippen molar-refractivity contribution < 1.29 is 9.59 Å². The molecule has 1 saturated heterocycles. The third kappa shape index (κ3) is 3.22. The molecule has 1 fully saturated rings. The zero-order valence-corrected chi connectivity index (χ0v) is 11.7. The van der Waals surface area contributed by atoms with Crippen LogP contribution >= 0.6 is 0 Å². The van der Waals surface area contributed by atoms with E-state index in [2.05, 4.69) is 10.6 Å². The molecule has 5 heteroatoms. The second-order valence-corrected chi connectivity index (χ2v) is 4.81. The van der Waals surface area contributed by atoms with Gasteiger partial charge in [0.05, 0.1) is 12.0 Å². The Morgan fingerprint density at radius 3 is 2.39 bits per heavy atom. The molecule has 2 amide bonds. The van der Waals surface area contributed by atoms with Gasteiger partial charge in [0, 0.05) is 19.6 Å². The summed E-state index contributed by atoms with van der Waals surface area (Å²) in [5.74, 6) is 0.000986. The molecule has 0 aliphatic carbocycles. The van der Waals surface area contributed by atoms with Gasteiger partial charge in [0.25, 0.3) is 0 Å². The van der Waals surface area contributed by atoms with Crippen molar-refractivity contribution in [3.63, 3.8) is 0 Å². The number of nitrogens with one attached hydrogen (secondary N) is 2. The lowest BCUT2D eigenvalue weighted by Gasteiger charge is -2.26. The van der Waals surface area contributed by atoms with Gasteiger partial charge in [-0.25, -0.2) is 0 Å². The molecule has 104 valence electrons. The Kier molecular flexibility index (Phi) is 5.59. The van der Waals surface area contributed by atoms with Gasteiger partial charge in [-0.3, -0.25) is 9.59 Å². The average molecular weight is 255 g/mol. The van der Waals surface area contributed by atoms with Crippen molar-refractivity contribution in [2.24, 2.45) is 5.41 Å². The Hall–Kier alpha value is -1.10. The van der Waals surface area contributed by atoms with Gasteiger partial charge in [0.1, 0.15) is 0 Å². The van der Waals surface area contributed by atoms with Crippen LogP contribution in [0.5, 0.6) is 0 Å². The minimum Gasteiger partial charge on any atom is -0.347 e. The smallest absolute Gasteiger partial charge is 0.241 e. The van der Waals surface area contributed by atoms with E-state index in [-0.39, 0.29) is 23.8 Å². The van der Waals surface area contributed by atoms with Crippen molar-refractivity contribution in [3.05, 3.63) is 0 Å². The van der Waals surface area contributed by atoms with Crippen LogP contribution in [0.15, 0.2) is 0 Å². The topological polar surface area (TPSA) is 61.4 Å². The van der Waals surface area contributed by atoms with E-state index in [1.807, 2.05) is 20.8 Å². The number of likely N-dealkylation sites (N-methyl/N-ethyl adjacent to an activating group) is 1. The first-order valence-electron chi connectivity index (χ1n) is 6.86. The molecular weight excluding hydrogens is 230 g/mol. The molecule has 0 saturated carbocycles. The van der Waals surface area contributed by atoms with E-state index in [0.29, 0.717) is 13.1 Å². The molecule has 0 bridgehead atoms. The first-order valence-corrected chi connectivity index (χ1v) is 6.86. The molecular formula is C13H25N3O2. The quantitative estimate of drug-likeness (QED) is 0.720. The van der Waals surface area contributed by atoms with E-state index >= 15 is 0 Å². The maximum absolute atomic E-state index is 12.2. The SMILES string of the molecule is CCN(CC)C(=O)CNC(=O)C1(CC)CCNC1. The van der Waals surface area contributed by atoms with E-state index < -0.39 is 0 Å². The van der Waals surface area contributed by atoms with Crippen LogP contribution in [-0.2, 0) is 9.59 Å². The summed E-state index contributed by atoms with van der Waals surface area (Å²) >= 11 is 0. The third-order valence-corrected chi connectivity index (χ3v) is 3.92. The first kappa shape index (κ1) is 15.0. The zero-order chi connectivity index (χ0) is 13.6. The third-order valence-electron chi connectivity index (χ3n) is 3.92. The second-order valence-electron chi connectivity index (χ2n) is 4.81. The van der Waals surface area contributed by atoms with Crippen molar-refractivity contribution in [3.8, 4) is 0 Å². The van der Waals surface area contributed by atoms with Crippen LogP contribution < -0.4 is 10.6 Å². The molecule has 5 nitrogen and oxygen atoms in total. The Balaban J connectivity index is 2.47. The highest BCUT2D eigenvalue weighted by molar-refractivity contribution is 5.88. The zero-order valence-electron chi connectivity index (χ0n) is 11.7. The lowest BCUT2D eigenvalue weighted by atomic mass is 9.83. The molecule has 0 aromatic rings. The number of hydrogen-bond donors (Lipinski definition) is 2. The summed E-state index contributed by atoms with van der Waals surface area (Å²) in [6.07, 6.45) is 1.67. The summed E-state index contributed by atoms with van der Waals surface area (Å²) in [6, 6.07) is 0. The fourth-order valence-electron chi connectivity index (χ4n) is 2.43. The molecule has 0 aromatic carbocycles. The Morgan fingerprint density at radius 2 is 1.94 bits per heavy atom.